The molecule has 1 aliphatic heterocycles. The van der Waals surface area contributed by atoms with Crippen molar-refractivity contribution in [3.63, 3.8) is 0 Å². The maximum absolute atomic E-state index is 4.59. The molecule has 1 saturated heterocycles. The first kappa shape index (κ1) is 16.2. The predicted molar refractivity (Wildman–Crippen MR) is 89.8 cm³/mol. The second-order valence-corrected chi connectivity index (χ2v) is 7.10. The van der Waals surface area contributed by atoms with Gasteiger partial charge >= 0.3 is 0 Å². The van der Waals surface area contributed by atoms with Crippen LogP contribution in [0.3, 0.4) is 0 Å². The van der Waals surface area contributed by atoms with Gasteiger partial charge in [-0.15, -0.1) is 0 Å². The van der Waals surface area contributed by atoms with Gasteiger partial charge in [-0.3, -0.25) is 0 Å². The summed E-state index contributed by atoms with van der Waals surface area (Å²) in [6.45, 7) is 12.1. The van der Waals surface area contributed by atoms with E-state index in [2.05, 4.69) is 60.1 Å². The van der Waals surface area contributed by atoms with E-state index in [4.69, 9.17) is 0 Å². The molecule has 21 heavy (non-hydrogen) atoms. The van der Waals surface area contributed by atoms with Crippen LogP contribution in [0.4, 0.5) is 5.82 Å². The minimum absolute atomic E-state index is 0.144. The Kier molecular flexibility index (Phi) is 5.59. The van der Waals surface area contributed by atoms with E-state index in [0.29, 0.717) is 0 Å². The predicted octanol–water partition coefficient (Wildman–Crippen LogP) is 2.50. The van der Waals surface area contributed by atoms with Gasteiger partial charge in [-0.2, -0.15) is 0 Å². The van der Waals surface area contributed by atoms with Crippen molar-refractivity contribution in [1.29, 1.82) is 0 Å². The van der Waals surface area contributed by atoms with Crippen LogP contribution in [0, 0.1) is 0 Å². The Morgan fingerprint density at radius 1 is 1.24 bits per heavy atom. The van der Waals surface area contributed by atoms with Gasteiger partial charge in [0.15, 0.2) is 0 Å². The summed E-state index contributed by atoms with van der Waals surface area (Å²) >= 11 is 0. The van der Waals surface area contributed by atoms with Crippen LogP contribution in [0.15, 0.2) is 18.3 Å². The fourth-order valence-corrected chi connectivity index (χ4v) is 2.53. The van der Waals surface area contributed by atoms with Crippen molar-refractivity contribution in [3.05, 3.63) is 23.9 Å². The van der Waals surface area contributed by atoms with Gasteiger partial charge in [-0.05, 0) is 58.3 Å². The topological polar surface area (TPSA) is 31.4 Å². The zero-order valence-electron chi connectivity index (χ0n) is 14.0. The molecule has 0 atom stereocenters. The van der Waals surface area contributed by atoms with Gasteiger partial charge in [0, 0.05) is 38.4 Å². The fraction of sp³-hybridized carbons (Fsp3) is 0.706. The number of pyridine rings is 1. The molecule has 0 bridgehead atoms. The van der Waals surface area contributed by atoms with Gasteiger partial charge in [-0.25, -0.2) is 4.98 Å². The van der Waals surface area contributed by atoms with E-state index in [9.17, 15) is 0 Å². The van der Waals surface area contributed by atoms with Crippen LogP contribution in [0.25, 0.3) is 0 Å². The average Bonchev–Trinajstić information content (AvgIpc) is 2.95. The molecule has 2 rings (SSSR count). The molecule has 0 saturated carbocycles. The molecular formula is C17H30N4. The zero-order chi connectivity index (χ0) is 15.3. The van der Waals surface area contributed by atoms with Gasteiger partial charge < -0.3 is 15.1 Å². The maximum atomic E-state index is 4.59. The van der Waals surface area contributed by atoms with E-state index in [1.807, 2.05) is 6.20 Å². The highest BCUT2D eigenvalue weighted by molar-refractivity contribution is 5.38. The number of likely N-dealkylation sites (N-methyl/N-ethyl adjacent to an activating group) is 1. The van der Waals surface area contributed by atoms with Crippen LogP contribution < -0.4 is 10.2 Å². The van der Waals surface area contributed by atoms with E-state index in [1.54, 1.807) is 0 Å². The van der Waals surface area contributed by atoms with Crippen LogP contribution in [-0.2, 0) is 6.54 Å². The Labute approximate surface area is 129 Å². The first-order valence-corrected chi connectivity index (χ1v) is 8.07. The molecule has 0 radical (unpaired) electrons. The van der Waals surface area contributed by atoms with E-state index in [0.717, 1.165) is 25.5 Å². The van der Waals surface area contributed by atoms with Crippen LogP contribution in [-0.4, -0.2) is 48.6 Å². The van der Waals surface area contributed by atoms with E-state index in [-0.39, 0.29) is 5.54 Å². The summed E-state index contributed by atoms with van der Waals surface area (Å²) in [6.07, 6.45) is 4.70. The first-order chi connectivity index (χ1) is 9.94. The van der Waals surface area contributed by atoms with Gasteiger partial charge in [-0.1, -0.05) is 6.07 Å². The van der Waals surface area contributed by atoms with Crippen LogP contribution in [0.2, 0.25) is 0 Å². The molecule has 2 heterocycles. The van der Waals surface area contributed by atoms with Crippen molar-refractivity contribution in [2.24, 2.45) is 0 Å². The molecular weight excluding hydrogens is 260 g/mol. The Balaban J connectivity index is 1.80. The normalized spacial score (nSPS) is 16.4. The number of hydrogen-bond donors (Lipinski definition) is 1. The summed E-state index contributed by atoms with van der Waals surface area (Å²) < 4.78 is 0. The summed E-state index contributed by atoms with van der Waals surface area (Å²) in [5.74, 6) is 1.06. The second-order valence-electron chi connectivity index (χ2n) is 7.10. The molecule has 0 amide bonds. The van der Waals surface area contributed by atoms with Gasteiger partial charge in [0.05, 0.1) is 0 Å². The highest BCUT2D eigenvalue weighted by Gasteiger charge is 2.12. The highest BCUT2D eigenvalue weighted by atomic mass is 15.2. The highest BCUT2D eigenvalue weighted by Crippen LogP contribution is 2.12. The fourth-order valence-electron chi connectivity index (χ4n) is 2.53. The standard InChI is InChI=1S/C17H30N4/c1-17(2,3)19-14-15-7-8-16(18-13-15)20(4)11-12-21-9-5-6-10-21/h7-8,13,19H,5-6,9-12,14H2,1-4H3. The third-order valence-corrected chi connectivity index (χ3v) is 3.97. The molecule has 1 aromatic rings. The minimum Gasteiger partial charge on any atom is -0.358 e. The van der Waals surface area contributed by atoms with E-state index < -0.39 is 0 Å². The van der Waals surface area contributed by atoms with Crippen molar-refractivity contribution in [1.82, 2.24) is 15.2 Å². The summed E-state index contributed by atoms with van der Waals surface area (Å²) in [4.78, 5) is 9.38. The smallest absolute Gasteiger partial charge is 0.128 e. The number of likely N-dealkylation sites (tertiary alicyclic amines) is 1. The lowest BCUT2D eigenvalue weighted by Crippen LogP contribution is -2.35. The molecule has 0 spiro atoms. The molecule has 1 aliphatic rings. The lowest BCUT2D eigenvalue weighted by molar-refractivity contribution is 0.346. The molecule has 118 valence electrons. The van der Waals surface area contributed by atoms with Crippen LogP contribution >= 0.6 is 0 Å². The third-order valence-electron chi connectivity index (χ3n) is 3.97. The number of rotatable bonds is 6. The SMILES string of the molecule is CN(CCN1CCCC1)c1ccc(CNC(C)(C)C)cn1. The number of nitrogens with one attached hydrogen (secondary N) is 1. The van der Waals surface area contributed by atoms with E-state index in [1.165, 1.54) is 31.5 Å². The van der Waals surface area contributed by atoms with Crippen LogP contribution in [0.1, 0.15) is 39.2 Å². The lowest BCUT2D eigenvalue weighted by Gasteiger charge is -2.23. The second kappa shape index (κ2) is 7.23. The first-order valence-electron chi connectivity index (χ1n) is 8.07. The quantitative estimate of drug-likeness (QED) is 0.872. The average molecular weight is 290 g/mol. The Morgan fingerprint density at radius 2 is 1.95 bits per heavy atom. The number of anilines is 1. The molecule has 0 unspecified atom stereocenters. The largest absolute Gasteiger partial charge is 0.358 e. The van der Waals surface area contributed by atoms with Crippen molar-refractivity contribution < 1.29 is 0 Å². The van der Waals surface area contributed by atoms with Gasteiger partial charge in [0.25, 0.3) is 0 Å². The number of aromatic nitrogens is 1. The monoisotopic (exact) mass is 290 g/mol. The molecule has 1 N–H and O–H groups in total. The Morgan fingerprint density at radius 3 is 2.52 bits per heavy atom. The number of hydrogen-bond acceptors (Lipinski definition) is 4. The third kappa shape index (κ3) is 5.64. The van der Waals surface area contributed by atoms with Crippen LogP contribution in [0.5, 0.6) is 0 Å². The maximum Gasteiger partial charge on any atom is 0.128 e. The summed E-state index contributed by atoms with van der Waals surface area (Å²) in [6, 6.07) is 4.30. The minimum atomic E-state index is 0.144. The summed E-state index contributed by atoms with van der Waals surface area (Å²) in [5, 5.41) is 3.49. The Bertz CT molecular complexity index is 415. The summed E-state index contributed by atoms with van der Waals surface area (Å²) in [5.41, 5.74) is 1.38. The van der Waals surface area contributed by atoms with Gasteiger partial charge in [0.2, 0.25) is 0 Å². The molecule has 0 aromatic carbocycles. The van der Waals surface area contributed by atoms with Crippen molar-refractivity contribution in [2.45, 2.75) is 45.7 Å². The lowest BCUT2D eigenvalue weighted by atomic mass is 10.1. The molecule has 0 aliphatic carbocycles. The van der Waals surface area contributed by atoms with Crippen molar-refractivity contribution in [2.75, 3.05) is 38.1 Å². The van der Waals surface area contributed by atoms with Gasteiger partial charge in [0.1, 0.15) is 5.82 Å². The molecule has 1 fully saturated rings. The summed E-state index contributed by atoms with van der Waals surface area (Å²) in [7, 11) is 2.13. The van der Waals surface area contributed by atoms with Crippen molar-refractivity contribution >= 4 is 5.82 Å². The molecule has 4 nitrogen and oxygen atoms in total. The van der Waals surface area contributed by atoms with E-state index >= 15 is 0 Å². The zero-order valence-corrected chi connectivity index (χ0v) is 14.0. The van der Waals surface area contributed by atoms with Crippen molar-refractivity contribution in [3.8, 4) is 0 Å². The Hall–Kier alpha value is -1.13. The molecule has 1 aromatic heterocycles. The number of nitrogens with zero attached hydrogens (tertiary/aromatic N) is 3. The molecule has 4 heteroatoms.